The summed E-state index contributed by atoms with van der Waals surface area (Å²) in [7, 11) is 2.16. The molecule has 0 saturated carbocycles. The maximum absolute atomic E-state index is 13.3. The molecule has 2 aromatic carbocycles. The van der Waals surface area contributed by atoms with E-state index in [1.54, 1.807) is 4.90 Å². The number of carbonyl (C=O) groups excluding carboxylic acids is 3. The summed E-state index contributed by atoms with van der Waals surface area (Å²) in [6.07, 6.45) is 2.76. The zero-order valence-electron chi connectivity index (χ0n) is 16.8. The van der Waals surface area contributed by atoms with Crippen LogP contribution in [0.1, 0.15) is 48.5 Å². The van der Waals surface area contributed by atoms with E-state index in [1.165, 1.54) is 5.56 Å². The lowest BCUT2D eigenvalue weighted by atomic mass is 9.72. The number of nitrogens with one attached hydrogen (secondary N) is 1. The molecule has 2 saturated heterocycles. The molecule has 1 N–H and O–H groups in total. The van der Waals surface area contributed by atoms with Crippen molar-refractivity contribution in [3.63, 3.8) is 0 Å². The van der Waals surface area contributed by atoms with E-state index >= 15 is 0 Å². The van der Waals surface area contributed by atoms with Crippen LogP contribution in [0.2, 0.25) is 0 Å². The topological polar surface area (TPSA) is 69.7 Å². The smallest absolute Gasteiger partial charge is 0.259 e. The zero-order chi connectivity index (χ0) is 20.3. The third-order valence-corrected chi connectivity index (χ3v) is 6.99. The molecule has 6 heteroatoms. The standard InChI is InChI=1S/C23H25N3O3/c1-23(10-12-25(2)13-11-23)16-7-6-15-20-14(16)4-3-5-17(20)26(22(15)29)18-8-9-19(27)24-21(18)28/h3-7,18H,8-13H2,1-2H3,(H,24,27,28). The average Bonchev–Trinajstić information content (AvgIpc) is 2.98. The molecule has 3 aliphatic rings. The van der Waals surface area contributed by atoms with E-state index in [2.05, 4.69) is 36.3 Å². The quantitative estimate of drug-likeness (QED) is 0.799. The van der Waals surface area contributed by atoms with Gasteiger partial charge in [-0.1, -0.05) is 25.1 Å². The van der Waals surface area contributed by atoms with Crippen LogP contribution >= 0.6 is 0 Å². The van der Waals surface area contributed by atoms with Gasteiger partial charge in [-0.2, -0.15) is 0 Å². The van der Waals surface area contributed by atoms with E-state index in [9.17, 15) is 14.4 Å². The van der Waals surface area contributed by atoms with Gasteiger partial charge < -0.3 is 4.90 Å². The van der Waals surface area contributed by atoms with Crippen molar-refractivity contribution in [2.75, 3.05) is 25.0 Å². The largest absolute Gasteiger partial charge is 0.306 e. The number of piperidine rings is 2. The van der Waals surface area contributed by atoms with Gasteiger partial charge in [-0.25, -0.2) is 0 Å². The first kappa shape index (κ1) is 18.3. The monoisotopic (exact) mass is 391 g/mol. The number of benzene rings is 2. The Morgan fingerprint density at radius 2 is 1.83 bits per heavy atom. The van der Waals surface area contributed by atoms with Gasteiger partial charge in [0.25, 0.3) is 5.91 Å². The van der Waals surface area contributed by atoms with E-state index in [-0.39, 0.29) is 29.6 Å². The lowest BCUT2D eigenvalue weighted by molar-refractivity contribution is -0.134. The zero-order valence-corrected chi connectivity index (χ0v) is 16.8. The molecular weight excluding hydrogens is 366 g/mol. The van der Waals surface area contributed by atoms with Gasteiger partial charge in [0.2, 0.25) is 11.8 Å². The van der Waals surface area contributed by atoms with Crippen LogP contribution in [0, 0.1) is 0 Å². The Kier molecular flexibility index (Phi) is 4.03. The van der Waals surface area contributed by atoms with Gasteiger partial charge in [0.1, 0.15) is 6.04 Å². The van der Waals surface area contributed by atoms with Crippen LogP contribution in [-0.2, 0) is 15.0 Å². The van der Waals surface area contributed by atoms with Crippen molar-refractivity contribution < 1.29 is 14.4 Å². The number of likely N-dealkylation sites (tertiary alicyclic amines) is 1. The van der Waals surface area contributed by atoms with Crippen LogP contribution in [0.4, 0.5) is 5.69 Å². The molecule has 2 aromatic rings. The Bertz CT molecular complexity index is 1050. The molecule has 1 unspecified atom stereocenters. The minimum atomic E-state index is -0.638. The Balaban J connectivity index is 1.62. The number of imide groups is 1. The first-order chi connectivity index (χ1) is 13.9. The molecule has 29 heavy (non-hydrogen) atoms. The van der Waals surface area contributed by atoms with Gasteiger partial charge in [-0.05, 0) is 67.9 Å². The lowest BCUT2D eigenvalue weighted by Crippen LogP contribution is -2.53. The maximum Gasteiger partial charge on any atom is 0.259 e. The number of carbonyl (C=O) groups is 3. The highest BCUT2D eigenvalue weighted by Crippen LogP contribution is 2.45. The Morgan fingerprint density at radius 1 is 1.07 bits per heavy atom. The van der Waals surface area contributed by atoms with E-state index < -0.39 is 6.04 Å². The highest BCUT2D eigenvalue weighted by Gasteiger charge is 2.42. The second-order valence-corrected chi connectivity index (χ2v) is 8.87. The third-order valence-electron chi connectivity index (χ3n) is 6.99. The average molecular weight is 391 g/mol. The van der Waals surface area contributed by atoms with Crippen LogP contribution in [0.15, 0.2) is 30.3 Å². The summed E-state index contributed by atoms with van der Waals surface area (Å²) in [5.74, 6) is -0.807. The fraction of sp³-hybridized carbons (Fsp3) is 0.435. The molecule has 0 spiro atoms. The molecule has 6 nitrogen and oxygen atoms in total. The first-order valence-electron chi connectivity index (χ1n) is 10.3. The molecule has 5 rings (SSSR count). The van der Waals surface area contributed by atoms with E-state index in [4.69, 9.17) is 0 Å². The maximum atomic E-state index is 13.3. The van der Waals surface area contributed by atoms with E-state index in [0.29, 0.717) is 12.0 Å². The molecular formula is C23H25N3O3. The van der Waals surface area contributed by atoms with Crippen molar-refractivity contribution >= 4 is 34.2 Å². The molecule has 3 heterocycles. The van der Waals surface area contributed by atoms with Crippen LogP contribution in [0.25, 0.3) is 10.8 Å². The summed E-state index contributed by atoms with van der Waals surface area (Å²) in [6, 6.07) is 9.39. The van der Waals surface area contributed by atoms with E-state index in [1.807, 2.05) is 18.2 Å². The summed E-state index contributed by atoms with van der Waals surface area (Å²) >= 11 is 0. The molecule has 2 fully saturated rings. The number of rotatable bonds is 2. The minimum absolute atomic E-state index is 0.0642. The summed E-state index contributed by atoms with van der Waals surface area (Å²) in [6.45, 7) is 4.43. The molecule has 3 aliphatic heterocycles. The number of hydrogen-bond acceptors (Lipinski definition) is 4. The molecule has 0 bridgehead atoms. The lowest BCUT2D eigenvalue weighted by Gasteiger charge is -2.39. The molecule has 0 aliphatic carbocycles. The Hall–Kier alpha value is -2.73. The van der Waals surface area contributed by atoms with Crippen molar-refractivity contribution in [3.8, 4) is 0 Å². The summed E-state index contributed by atoms with van der Waals surface area (Å²) in [5, 5.41) is 4.43. The summed E-state index contributed by atoms with van der Waals surface area (Å²) in [5.41, 5.74) is 2.79. The number of nitrogens with zero attached hydrogens (tertiary/aromatic N) is 2. The Labute approximate surface area is 169 Å². The van der Waals surface area contributed by atoms with Gasteiger partial charge in [0, 0.05) is 17.4 Å². The second kappa shape index (κ2) is 6.39. The van der Waals surface area contributed by atoms with Crippen LogP contribution < -0.4 is 10.2 Å². The summed E-state index contributed by atoms with van der Waals surface area (Å²) in [4.78, 5) is 41.3. The predicted octanol–water partition coefficient (Wildman–Crippen LogP) is 2.59. The van der Waals surface area contributed by atoms with Crippen LogP contribution in [0.5, 0.6) is 0 Å². The van der Waals surface area contributed by atoms with Crippen molar-refractivity contribution in [2.45, 2.75) is 44.1 Å². The predicted molar refractivity (Wildman–Crippen MR) is 111 cm³/mol. The van der Waals surface area contributed by atoms with Crippen molar-refractivity contribution in [2.24, 2.45) is 0 Å². The van der Waals surface area contributed by atoms with Crippen LogP contribution in [0.3, 0.4) is 0 Å². The molecule has 1 atom stereocenters. The fourth-order valence-electron chi connectivity index (χ4n) is 5.15. The van der Waals surface area contributed by atoms with Crippen molar-refractivity contribution in [1.82, 2.24) is 10.2 Å². The van der Waals surface area contributed by atoms with Crippen molar-refractivity contribution in [1.29, 1.82) is 0 Å². The van der Waals surface area contributed by atoms with Gasteiger partial charge in [-0.3, -0.25) is 24.6 Å². The Morgan fingerprint density at radius 3 is 2.55 bits per heavy atom. The van der Waals surface area contributed by atoms with Gasteiger partial charge in [0.15, 0.2) is 0 Å². The normalized spacial score (nSPS) is 24.3. The van der Waals surface area contributed by atoms with Crippen molar-refractivity contribution in [3.05, 3.63) is 41.5 Å². The SMILES string of the molecule is CN1CCC(C)(c2ccc3c4c(cccc24)N(C2CCC(=O)NC2=O)C3=O)CC1. The van der Waals surface area contributed by atoms with Crippen LogP contribution in [-0.4, -0.2) is 48.8 Å². The van der Waals surface area contributed by atoms with Gasteiger partial charge >= 0.3 is 0 Å². The highest BCUT2D eigenvalue weighted by atomic mass is 16.2. The van der Waals surface area contributed by atoms with Gasteiger partial charge in [-0.15, -0.1) is 0 Å². The highest BCUT2D eigenvalue weighted by molar-refractivity contribution is 6.27. The minimum Gasteiger partial charge on any atom is -0.306 e. The number of amides is 3. The molecule has 3 amide bonds. The van der Waals surface area contributed by atoms with E-state index in [0.717, 1.165) is 42.4 Å². The molecule has 0 aromatic heterocycles. The summed E-state index contributed by atoms with van der Waals surface area (Å²) < 4.78 is 0. The number of hydrogen-bond donors (Lipinski definition) is 1. The molecule has 150 valence electrons. The fourth-order valence-corrected chi connectivity index (χ4v) is 5.15. The number of anilines is 1. The van der Waals surface area contributed by atoms with Gasteiger partial charge in [0.05, 0.1) is 5.69 Å². The second-order valence-electron chi connectivity index (χ2n) is 8.87. The molecule has 0 radical (unpaired) electrons. The third kappa shape index (κ3) is 2.69. The first-order valence-corrected chi connectivity index (χ1v) is 10.3.